The maximum atomic E-state index is 12.6. The number of aryl methyl sites for hydroxylation is 1. The van der Waals surface area contributed by atoms with Crippen molar-refractivity contribution in [3.8, 4) is 0 Å². The fourth-order valence-corrected chi connectivity index (χ4v) is 3.90. The molecule has 1 fully saturated rings. The second-order valence-electron chi connectivity index (χ2n) is 5.02. The number of benzene rings is 1. The average Bonchev–Trinajstić information content (AvgIpc) is 2.46. The maximum absolute atomic E-state index is 12.6. The zero-order valence-electron chi connectivity index (χ0n) is 12.1. The van der Waals surface area contributed by atoms with Crippen LogP contribution in [0.25, 0.3) is 0 Å². The second-order valence-corrected chi connectivity index (χ2v) is 6.96. The number of carbonyl (C=O) groups is 1. The van der Waals surface area contributed by atoms with Crippen molar-refractivity contribution in [1.82, 2.24) is 4.31 Å². The van der Waals surface area contributed by atoms with Crippen LogP contribution in [-0.2, 0) is 21.2 Å². The molecule has 2 rings (SSSR count). The van der Waals surface area contributed by atoms with Crippen molar-refractivity contribution in [1.29, 1.82) is 0 Å². The van der Waals surface area contributed by atoms with Crippen molar-refractivity contribution in [3.63, 3.8) is 0 Å². The first-order chi connectivity index (χ1) is 9.86. The number of hydrogen-bond acceptors (Lipinski definition) is 4. The van der Waals surface area contributed by atoms with E-state index in [1.165, 1.54) is 16.4 Å². The highest BCUT2D eigenvalue weighted by atomic mass is 32.2. The number of ether oxygens (including phenoxy) is 1. The summed E-state index contributed by atoms with van der Waals surface area (Å²) in [5.41, 5.74) is 0.664. The first kappa shape index (κ1) is 15.9. The van der Waals surface area contributed by atoms with Crippen LogP contribution in [0.2, 0.25) is 0 Å². The van der Waals surface area contributed by atoms with E-state index in [-0.39, 0.29) is 29.7 Å². The van der Waals surface area contributed by atoms with Gasteiger partial charge in [0.15, 0.2) is 0 Å². The predicted molar refractivity (Wildman–Crippen MR) is 77.0 cm³/mol. The summed E-state index contributed by atoms with van der Waals surface area (Å²) in [6.45, 7) is 4.55. The molecule has 0 amide bonds. The number of nitrogens with zero attached hydrogens (tertiary/aromatic N) is 1. The Kier molecular flexibility index (Phi) is 4.65. The lowest BCUT2D eigenvalue weighted by molar-refractivity contribution is 0.0102. The SMILES string of the molecule is CCc1ccc(S(=O)(=O)N2CCOC(C)C2)cc1C(=O)O. The largest absolute Gasteiger partial charge is 0.478 e. The van der Waals surface area contributed by atoms with Crippen LogP contribution in [0.4, 0.5) is 0 Å². The molecule has 0 aromatic heterocycles. The van der Waals surface area contributed by atoms with E-state index in [0.29, 0.717) is 18.6 Å². The lowest BCUT2D eigenvalue weighted by Gasteiger charge is -2.30. The molecule has 0 aliphatic carbocycles. The molecule has 21 heavy (non-hydrogen) atoms. The second kappa shape index (κ2) is 6.13. The van der Waals surface area contributed by atoms with Gasteiger partial charge in [-0.2, -0.15) is 4.31 Å². The summed E-state index contributed by atoms with van der Waals surface area (Å²) in [4.78, 5) is 11.3. The fraction of sp³-hybridized carbons (Fsp3) is 0.500. The first-order valence-corrected chi connectivity index (χ1v) is 8.28. The zero-order chi connectivity index (χ0) is 15.6. The minimum absolute atomic E-state index is 0.0196. The summed E-state index contributed by atoms with van der Waals surface area (Å²) in [5.74, 6) is -1.11. The third-order valence-corrected chi connectivity index (χ3v) is 5.40. The molecule has 1 unspecified atom stereocenters. The van der Waals surface area contributed by atoms with Gasteiger partial charge in [0, 0.05) is 13.1 Å². The van der Waals surface area contributed by atoms with Crippen LogP contribution >= 0.6 is 0 Å². The Hall–Kier alpha value is -1.44. The number of aromatic carboxylic acids is 1. The molecule has 1 aliphatic rings. The summed E-state index contributed by atoms with van der Waals surface area (Å²) >= 11 is 0. The van der Waals surface area contributed by atoms with Gasteiger partial charge in [0.05, 0.1) is 23.2 Å². The summed E-state index contributed by atoms with van der Waals surface area (Å²) in [6.07, 6.45) is 0.374. The van der Waals surface area contributed by atoms with Crippen LogP contribution < -0.4 is 0 Å². The highest BCUT2D eigenvalue weighted by Gasteiger charge is 2.29. The Balaban J connectivity index is 2.40. The van der Waals surface area contributed by atoms with Gasteiger partial charge in [-0.15, -0.1) is 0 Å². The third kappa shape index (κ3) is 3.25. The van der Waals surface area contributed by atoms with Crippen molar-refractivity contribution < 1.29 is 23.1 Å². The number of carboxylic acid groups (broad SMARTS) is 1. The van der Waals surface area contributed by atoms with Crippen LogP contribution in [0.15, 0.2) is 23.1 Å². The highest BCUT2D eigenvalue weighted by molar-refractivity contribution is 7.89. The van der Waals surface area contributed by atoms with E-state index in [9.17, 15) is 18.3 Å². The molecular formula is C14H19NO5S. The van der Waals surface area contributed by atoms with Crippen LogP contribution in [0, 0.1) is 0 Å². The highest BCUT2D eigenvalue weighted by Crippen LogP contribution is 2.22. The molecular weight excluding hydrogens is 294 g/mol. The van der Waals surface area contributed by atoms with Gasteiger partial charge in [-0.1, -0.05) is 13.0 Å². The molecule has 6 nitrogen and oxygen atoms in total. The van der Waals surface area contributed by atoms with Gasteiger partial charge in [0.1, 0.15) is 0 Å². The summed E-state index contributed by atoms with van der Waals surface area (Å²) in [5, 5.41) is 9.21. The monoisotopic (exact) mass is 313 g/mol. The molecule has 1 aliphatic heterocycles. The number of sulfonamides is 1. The van der Waals surface area contributed by atoms with Gasteiger partial charge in [0.25, 0.3) is 0 Å². The molecule has 116 valence electrons. The average molecular weight is 313 g/mol. The third-order valence-electron chi connectivity index (χ3n) is 3.53. The van der Waals surface area contributed by atoms with Crippen LogP contribution in [-0.4, -0.2) is 49.6 Å². The van der Waals surface area contributed by atoms with Gasteiger partial charge in [0.2, 0.25) is 10.0 Å². The zero-order valence-corrected chi connectivity index (χ0v) is 12.9. The van der Waals surface area contributed by atoms with E-state index in [1.54, 1.807) is 6.07 Å². The molecule has 0 spiro atoms. The molecule has 0 radical (unpaired) electrons. The van der Waals surface area contributed by atoms with Crippen molar-refractivity contribution in [2.24, 2.45) is 0 Å². The van der Waals surface area contributed by atoms with Crippen molar-refractivity contribution >= 4 is 16.0 Å². The van der Waals surface area contributed by atoms with Gasteiger partial charge in [-0.05, 0) is 31.0 Å². The maximum Gasteiger partial charge on any atom is 0.336 e. The molecule has 0 bridgehead atoms. The minimum atomic E-state index is -3.69. The van der Waals surface area contributed by atoms with E-state index in [0.717, 1.165) is 0 Å². The van der Waals surface area contributed by atoms with E-state index in [2.05, 4.69) is 0 Å². The Morgan fingerprint density at radius 3 is 2.76 bits per heavy atom. The topological polar surface area (TPSA) is 83.9 Å². The van der Waals surface area contributed by atoms with E-state index >= 15 is 0 Å². The molecule has 1 saturated heterocycles. The molecule has 0 saturated carbocycles. The molecule has 1 N–H and O–H groups in total. The number of morpholine rings is 1. The number of rotatable bonds is 4. The molecule has 1 atom stereocenters. The summed E-state index contributed by atoms with van der Waals surface area (Å²) in [7, 11) is -3.69. The summed E-state index contributed by atoms with van der Waals surface area (Å²) < 4.78 is 31.8. The molecule has 1 aromatic carbocycles. The molecule has 1 aromatic rings. The quantitative estimate of drug-likeness (QED) is 0.907. The van der Waals surface area contributed by atoms with Gasteiger partial charge >= 0.3 is 5.97 Å². The minimum Gasteiger partial charge on any atom is -0.478 e. The van der Waals surface area contributed by atoms with Crippen molar-refractivity contribution in [3.05, 3.63) is 29.3 Å². The van der Waals surface area contributed by atoms with E-state index in [1.807, 2.05) is 13.8 Å². The Labute approximate surface area is 124 Å². The Morgan fingerprint density at radius 2 is 2.19 bits per heavy atom. The van der Waals surface area contributed by atoms with Crippen LogP contribution in [0.3, 0.4) is 0 Å². The Bertz CT molecular complexity index is 641. The van der Waals surface area contributed by atoms with Gasteiger partial charge < -0.3 is 9.84 Å². The standard InChI is InChI=1S/C14H19NO5S/c1-3-11-4-5-12(8-13(11)14(16)17)21(18,19)15-6-7-20-10(2)9-15/h4-5,8,10H,3,6-7,9H2,1-2H3,(H,16,17). The fourth-order valence-electron chi connectivity index (χ4n) is 2.38. The lowest BCUT2D eigenvalue weighted by Crippen LogP contribution is -2.44. The van der Waals surface area contributed by atoms with Crippen molar-refractivity contribution in [2.75, 3.05) is 19.7 Å². The predicted octanol–water partition coefficient (Wildman–Crippen LogP) is 1.36. The summed E-state index contributed by atoms with van der Waals surface area (Å²) in [6, 6.07) is 4.29. The number of hydrogen-bond donors (Lipinski definition) is 1. The molecule has 1 heterocycles. The normalized spacial score (nSPS) is 20.4. The first-order valence-electron chi connectivity index (χ1n) is 6.84. The van der Waals surface area contributed by atoms with Crippen molar-refractivity contribution in [2.45, 2.75) is 31.3 Å². The van der Waals surface area contributed by atoms with Gasteiger partial charge in [-0.25, -0.2) is 13.2 Å². The number of carboxylic acids is 1. The van der Waals surface area contributed by atoms with E-state index in [4.69, 9.17) is 4.74 Å². The Morgan fingerprint density at radius 1 is 1.48 bits per heavy atom. The van der Waals surface area contributed by atoms with E-state index < -0.39 is 16.0 Å². The van der Waals surface area contributed by atoms with Crippen LogP contribution in [0.1, 0.15) is 29.8 Å². The lowest BCUT2D eigenvalue weighted by atomic mass is 10.1. The van der Waals surface area contributed by atoms with Crippen LogP contribution in [0.5, 0.6) is 0 Å². The molecule has 7 heteroatoms. The van der Waals surface area contributed by atoms with Gasteiger partial charge in [-0.3, -0.25) is 0 Å². The smallest absolute Gasteiger partial charge is 0.336 e.